The SMILES string of the molecule is Cc1ncoc1C(=O)NCCNC1CC1. The third-order valence-corrected chi connectivity index (χ3v) is 2.37. The first kappa shape index (κ1) is 10.2. The fourth-order valence-electron chi connectivity index (χ4n) is 1.34. The van der Waals surface area contributed by atoms with Gasteiger partial charge in [-0.05, 0) is 19.8 Å². The molecule has 1 aliphatic rings. The summed E-state index contributed by atoms with van der Waals surface area (Å²) in [6, 6.07) is 0.675. The highest BCUT2D eigenvalue weighted by atomic mass is 16.3. The van der Waals surface area contributed by atoms with E-state index in [1.807, 2.05) is 0 Å². The van der Waals surface area contributed by atoms with Gasteiger partial charge in [0.25, 0.3) is 5.91 Å². The van der Waals surface area contributed by atoms with Gasteiger partial charge in [-0.2, -0.15) is 0 Å². The molecule has 2 rings (SSSR count). The standard InChI is InChI=1S/C10H15N3O2/c1-7-9(15-6-13-7)10(14)12-5-4-11-8-2-3-8/h6,8,11H,2-5H2,1H3,(H,12,14). The normalized spacial score (nSPS) is 15.3. The summed E-state index contributed by atoms with van der Waals surface area (Å²) in [6.07, 6.45) is 3.80. The van der Waals surface area contributed by atoms with E-state index in [4.69, 9.17) is 4.42 Å². The van der Waals surface area contributed by atoms with Crippen LogP contribution in [0.25, 0.3) is 0 Å². The van der Waals surface area contributed by atoms with E-state index in [0.717, 1.165) is 6.54 Å². The van der Waals surface area contributed by atoms with Gasteiger partial charge in [-0.3, -0.25) is 4.79 Å². The van der Waals surface area contributed by atoms with Gasteiger partial charge in [-0.15, -0.1) is 0 Å². The maximum Gasteiger partial charge on any atom is 0.289 e. The van der Waals surface area contributed by atoms with Crippen molar-refractivity contribution in [2.75, 3.05) is 13.1 Å². The molecule has 0 aromatic carbocycles. The highest BCUT2D eigenvalue weighted by Gasteiger charge is 2.20. The number of nitrogens with one attached hydrogen (secondary N) is 2. The van der Waals surface area contributed by atoms with Gasteiger partial charge < -0.3 is 15.1 Å². The number of carbonyl (C=O) groups is 1. The van der Waals surface area contributed by atoms with Crippen LogP contribution in [0.2, 0.25) is 0 Å². The summed E-state index contributed by atoms with van der Waals surface area (Å²) in [5.74, 6) is 0.115. The molecule has 15 heavy (non-hydrogen) atoms. The van der Waals surface area contributed by atoms with Crippen LogP contribution in [0.15, 0.2) is 10.8 Å². The molecule has 2 N–H and O–H groups in total. The molecule has 82 valence electrons. The lowest BCUT2D eigenvalue weighted by molar-refractivity contribution is 0.0925. The van der Waals surface area contributed by atoms with Crippen LogP contribution in [0.3, 0.4) is 0 Å². The molecule has 1 amide bonds. The molecule has 0 radical (unpaired) electrons. The fraction of sp³-hybridized carbons (Fsp3) is 0.600. The van der Waals surface area contributed by atoms with Crippen molar-refractivity contribution in [2.24, 2.45) is 0 Å². The Morgan fingerprint density at radius 2 is 2.40 bits per heavy atom. The minimum absolute atomic E-state index is 0.192. The molecule has 0 atom stereocenters. The molecule has 5 nitrogen and oxygen atoms in total. The summed E-state index contributed by atoms with van der Waals surface area (Å²) < 4.78 is 4.97. The Bertz CT molecular complexity index is 344. The van der Waals surface area contributed by atoms with Gasteiger partial charge >= 0.3 is 0 Å². The summed E-state index contributed by atoms with van der Waals surface area (Å²) >= 11 is 0. The zero-order valence-electron chi connectivity index (χ0n) is 8.75. The minimum Gasteiger partial charge on any atom is -0.438 e. The molecule has 1 fully saturated rings. The van der Waals surface area contributed by atoms with Crippen molar-refractivity contribution in [3.63, 3.8) is 0 Å². The largest absolute Gasteiger partial charge is 0.438 e. The maximum absolute atomic E-state index is 11.5. The molecule has 5 heteroatoms. The van der Waals surface area contributed by atoms with E-state index in [9.17, 15) is 4.79 Å². The molecule has 1 aromatic heterocycles. The first-order chi connectivity index (χ1) is 7.27. The molecule has 1 aromatic rings. The second-order valence-electron chi connectivity index (χ2n) is 3.75. The number of hydrogen-bond acceptors (Lipinski definition) is 4. The molecule has 0 unspecified atom stereocenters. The summed E-state index contributed by atoms with van der Waals surface area (Å²) in [5.41, 5.74) is 0.627. The Morgan fingerprint density at radius 1 is 1.60 bits per heavy atom. The number of oxazole rings is 1. The molecule has 1 aliphatic carbocycles. The van der Waals surface area contributed by atoms with Crippen molar-refractivity contribution in [2.45, 2.75) is 25.8 Å². The van der Waals surface area contributed by atoms with Crippen molar-refractivity contribution >= 4 is 5.91 Å². The van der Waals surface area contributed by atoms with E-state index < -0.39 is 0 Å². The summed E-state index contributed by atoms with van der Waals surface area (Å²) in [5, 5.41) is 6.08. The predicted molar refractivity (Wildman–Crippen MR) is 54.6 cm³/mol. The predicted octanol–water partition coefficient (Wildman–Crippen LogP) is 0.465. The number of rotatable bonds is 5. The highest BCUT2D eigenvalue weighted by Crippen LogP contribution is 2.17. The van der Waals surface area contributed by atoms with Crippen molar-refractivity contribution in [1.29, 1.82) is 0 Å². The van der Waals surface area contributed by atoms with E-state index >= 15 is 0 Å². The maximum atomic E-state index is 11.5. The molecule has 0 saturated heterocycles. The van der Waals surface area contributed by atoms with E-state index in [1.54, 1.807) is 6.92 Å². The smallest absolute Gasteiger partial charge is 0.289 e. The fourth-order valence-corrected chi connectivity index (χ4v) is 1.34. The molecule has 1 heterocycles. The minimum atomic E-state index is -0.192. The Morgan fingerprint density at radius 3 is 3.00 bits per heavy atom. The van der Waals surface area contributed by atoms with Crippen molar-refractivity contribution in [1.82, 2.24) is 15.6 Å². The number of amides is 1. The monoisotopic (exact) mass is 209 g/mol. The third kappa shape index (κ3) is 2.79. The van der Waals surface area contributed by atoms with Crippen LogP contribution < -0.4 is 10.6 Å². The van der Waals surface area contributed by atoms with Gasteiger partial charge in [-0.25, -0.2) is 4.98 Å². The highest BCUT2D eigenvalue weighted by molar-refractivity contribution is 5.92. The molecule has 0 spiro atoms. The average Bonchev–Trinajstić information content (AvgIpc) is 2.94. The van der Waals surface area contributed by atoms with E-state index in [-0.39, 0.29) is 5.91 Å². The van der Waals surface area contributed by atoms with Gasteiger partial charge in [0.1, 0.15) is 0 Å². The van der Waals surface area contributed by atoms with E-state index in [2.05, 4.69) is 15.6 Å². The first-order valence-corrected chi connectivity index (χ1v) is 5.19. The Balaban J connectivity index is 1.69. The lowest BCUT2D eigenvalue weighted by atomic mass is 10.3. The third-order valence-electron chi connectivity index (χ3n) is 2.37. The van der Waals surface area contributed by atoms with Crippen LogP contribution in [0.5, 0.6) is 0 Å². The van der Waals surface area contributed by atoms with Gasteiger partial charge in [0.2, 0.25) is 5.76 Å². The number of aromatic nitrogens is 1. The Labute approximate surface area is 88.3 Å². The van der Waals surface area contributed by atoms with Crippen LogP contribution in [0.4, 0.5) is 0 Å². The number of aryl methyl sites for hydroxylation is 1. The lowest BCUT2D eigenvalue weighted by Crippen LogP contribution is -2.32. The zero-order chi connectivity index (χ0) is 10.7. The zero-order valence-corrected chi connectivity index (χ0v) is 8.75. The second-order valence-corrected chi connectivity index (χ2v) is 3.75. The van der Waals surface area contributed by atoms with Crippen molar-refractivity contribution in [3.05, 3.63) is 17.8 Å². The average molecular weight is 209 g/mol. The van der Waals surface area contributed by atoms with Gasteiger partial charge in [-0.1, -0.05) is 0 Å². The summed E-state index contributed by atoms with van der Waals surface area (Å²) in [4.78, 5) is 15.4. The molecule has 0 bridgehead atoms. The van der Waals surface area contributed by atoms with E-state index in [1.165, 1.54) is 19.2 Å². The van der Waals surface area contributed by atoms with Crippen LogP contribution in [0, 0.1) is 6.92 Å². The lowest BCUT2D eigenvalue weighted by Gasteiger charge is -2.04. The second kappa shape index (κ2) is 4.44. The number of carbonyl (C=O) groups excluding carboxylic acids is 1. The number of hydrogen-bond donors (Lipinski definition) is 2. The summed E-state index contributed by atoms with van der Waals surface area (Å²) in [7, 11) is 0. The Kier molecular flexibility index (Phi) is 3.01. The molecule has 1 saturated carbocycles. The Hall–Kier alpha value is -1.36. The van der Waals surface area contributed by atoms with Gasteiger partial charge in [0.05, 0.1) is 5.69 Å². The van der Waals surface area contributed by atoms with Crippen molar-refractivity contribution < 1.29 is 9.21 Å². The van der Waals surface area contributed by atoms with Gasteiger partial charge in [0, 0.05) is 19.1 Å². The quantitative estimate of drug-likeness (QED) is 0.691. The molecule has 0 aliphatic heterocycles. The molecular weight excluding hydrogens is 194 g/mol. The van der Waals surface area contributed by atoms with Crippen LogP contribution >= 0.6 is 0 Å². The van der Waals surface area contributed by atoms with Crippen LogP contribution in [-0.2, 0) is 0 Å². The first-order valence-electron chi connectivity index (χ1n) is 5.19. The van der Waals surface area contributed by atoms with Gasteiger partial charge in [0.15, 0.2) is 6.39 Å². The van der Waals surface area contributed by atoms with Crippen LogP contribution in [0.1, 0.15) is 29.1 Å². The van der Waals surface area contributed by atoms with E-state index in [0.29, 0.717) is 24.0 Å². The van der Waals surface area contributed by atoms with Crippen LogP contribution in [-0.4, -0.2) is 30.0 Å². The summed E-state index contributed by atoms with van der Waals surface area (Å²) in [6.45, 7) is 3.18. The number of nitrogens with zero attached hydrogens (tertiary/aromatic N) is 1. The molecular formula is C10H15N3O2. The topological polar surface area (TPSA) is 67.2 Å². The van der Waals surface area contributed by atoms with Crippen molar-refractivity contribution in [3.8, 4) is 0 Å².